The molecular weight excluding hydrogens is 623 g/mol. The molecule has 1 aliphatic heterocycles. The summed E-state index contributed by atoms with van der Waals surface area (Å²) in [6.07, 6.45) is 0.353. The molecule has 198 valence electrons. The van der Waals surface area contributed by atoms with Crippen molar-refractivity contribution in [1.82, 2.24) is 5.32 Å². The summed E-state index contributed by atoms with van der Waals surface area (Å²) in [7, 11) is 0. The number of ether oxygens (including phenoxy) is 2. The predicted octanol–water partition coefficient (Wildman–Crippen LogP) is 6.63. The molecule has 1 heterocycles. The Kier molecular flexibility index (Phi) is 8.22. The third-order valence-corrected chi connectivity index (χ3v) is 6.56. The van der Waals surface area contributed by atoms with Crippen molar-refractivity contribution in [1.29, 1.82) is 0 Å². The van der Waals surface area contributed by atoms with Crippen LogP contribution in [-0.4, -0.2) is 36.0 Å². The van der Waals surface area contributed by atoms with Gasteiger partial charge in [0, 0.05) is 26.7 Å². The lowest BCUT2D eigenvalue weighted by Crippen LogP contribution is -2.41. The third kappa shape index (κ3) is 6.79. The van der Waals surface area contributed by atoms with Crippen LogP contribution in [0, 0.1) is 5.82 Å². The van der Waals surface area contributed by atoms with Crippen LogP contribution in [0.4, 0.5) is 10.1 Å². The molecule has 0 bridgehead atoms. The monoisotopic (exact) mass is 646 g/mol. The van der Waals surface area contributed by atoms with Crippen molar-refractivity contribution in [3.05, 3.63) is 86.6 Å². The van der Waals surface area contributed by atoms with Crippen LogP contribution < -0.4 is 15.0 Å². The number of hydrogen-bond donors (Lipinski definition) is 1. The van der Waals surface area contributed by atoms with E-state index in [0.717, 1.165) is 10.5 Å². The molecule has 2 amide bonds. The maximum Gasteiger partial charge on any atom is 0.338 e. The fourth-order valence-electron chi connectivity index (χ4n) is 3.85. The van der Waals surface area contributed by atoms with Crippen LogP contribution in [0.25, 0.3) is 0 Å². The van der Waals surface area contributed by atoms with Gasteiger partial charge in [0.1, 0.15) is 17.4 Å². The molecule has 1 atom stereocenters. The van der Waals surface area contributed by atoms with E-state index in [1.165, 1.54) is 17.0 Å². The fourth-order valence-corrected chi connectivity index (χ4v) is 4.60. The SMILES string of the molecule is CC(C)(C)OC(=O)c1cc(Br)cc(N2CCC(NC(=O)c3ccc(Oc4ccc(Br)cc4)c(F)c3)C2=O)c1. The van der Waals surface area contributed by atoms with Gasteiger partial charge in [0.25, 0.3) is 5.91 Å². The summed E-state index contributed by atoms with van der Waals surface area (Å²) in [5.41, 5.74) is 0.195. The van der Waals surface area contributed by atoms with Crippen molar-refractivity contribution in [3.8, 4) is 11.5 Å². The summed E-state index contributed by atoms with van der Waals surface area (Å²) in [6, 6.07) is 14.9. The molecule has 1 aliphatic rings. The Bertz CT molecular complexity index is 1390. The van der Waals surface area contributed by atoms with E-state index < -0.39 is 29.3 Å². The van der Waals surface area contributed by atoms with Crippen LogP contribution in [0.5, 0.6) is 11.5 Å². The highest BCUT2D eigenvalue weighted by molar-refractivity contribution is 9.10. The van der Waals surface area contributed by atoms with Crippen LogP contribution in [0.15, 0.2) is 69.6 Å². The molecule has 3 aromatic rings. The number of carbonyl (C=O) groups excluding carboxylic acids is 3. The Morgan fingerprint density at radius 2 is 1.68 bits per heavy atom. The van der Waals surface area contributed by atoms with Crippen molar-refractivity contribution < 1.29 is 28.2 Å². The number of benzene rings is 3. The molecule has 3 aromatic carbocycles. The van der Waals surface area contributed by atoms with Gasteiger partial charge in [0.2, 0.25) is 5.91 Å². The zero-order valence-corrected chi connectivity index (χ0v) is 24.1. The van der Waals surface area contributed by atoms with Gasteiger partial charge in [-0.15, -0.1) is 0 Å². The van der Waals surface area contributed by atoms with Crippen molar-refractivity contribution in [3.63, 3.8) is 0 Å². The van der Waals surface area contributed by atoms with Crippen molar-refractivity contribution in [2.24, 2.45) is 0 Å². The van der Waals surface area contributed by atoms with Crippen LogP contribution in [-0.2, 0) is 9.53 Å². The molecule has 1 fully saturated rings. The van der Waals surface area contributed by atoms with Gasteiger partial charge in [-0.05, 0) is 87.9 Å². The molecule has 7 nitrogen and oxygen atoms in total. The number of anilines is 1. The largest absolute Gasteiger partial charge is 0.456 e. The Morgan fingerprint density at radius 3 is 2.34 bits per heavy atom. The quantitative estimate of drug-likeness (QED) is 0.304. The highest BCUT2D eigenvalue weighted by Gasteiger charge is 2.34. The molecule has 1 N–H and O–H groups in total. The number of carbonyl (C=O) groups is 3. The topological polar surface area (TPSA) is 84.9 Å². The molecule has 0 spiro atoms. The molecule has 0 radical (unpaired) electrons. The van der Waals surface area contributed by atoms with E-state index in [1.807, 2.05) is 0 Å². The summed E-state index contributed by atoms with van der Waals surface area (Å²) >= 11 is 6.71. The first kappa shape index (κ1) is 27.8. The lowest BCUT2D eigenvalue weighted by atomic mass is 10.1. The minimum atomic E-state index is -0.798. The third-order valence-electron chi connectivity index (χ3n) is 5.58. The van der Waals surface area contributed by atoms with Gasteiger partial charge in [-0.1, -0.05) is 31.9 Å². The van der Waals surface area contributed by atoms with Crippen LogP contribution >= 0.6 is 31.9 Å². The molecule has 0 saturated carbocycles. The molecule has 38 heavy (non-hydrogen) atoms. The van der Waals surface area contributed by atoms with E-state index in [2.05, 4.69) is 37.2 Å². The first-order valence-corrected chi connectivity index (χ1v) is 13.4. The predicted molar refractivity (Wildman–Crippen MR) is 148 cm³/mol. The zero-order chi connectivity index (χ0) is 27.6. The van der Waals surface area contributed by atoms with E-state index in [1.54, 1.807) is 63.2 Å². The Labute approximate surface area is 236 Å². The van der Waals surface area contributed by atoms with Gasteiger partial charge in [-0.3, -0.25) is 9.59 Å². The molecule has 10 heteroatoms. The summed E-state index contributed by atoms with van der Waals surface area (Å²) in [5.74, 6) is -1.70. The van der Waals surface area contributed by atoms with Crippen molar-refractivity contribution in [2.45, 2.75) is 38.8 Å². The minimum Gasteiger partial charge on any atom is -0.456 e. The van der Waals surface area contributed by atoms with Gasteiger partial charge in [0.05, 0.1) is 5.56 Å². The fraction of sp³-hybridized carbons (Fsp3) is 0.250. The summed E-state index contributed by atoms with van der Waals surface area (Å²) < 4.78 is 27.1. The number of rotatable bonds is 6. The second kappa shape index (κ2) is 11.2. The highest BCUT2D eigenvalue weighted by atomic mass is 79.9. The van der Waals surface area contributed by atoms with E-state index in [9.17, 15) is 18.8 Å². The Hall–Kier alpha value is -3.24. The zero-order valence-electron chi connectivity index (χ0n) is 20.9. The van der Waals surface area contributed by atoms with E-state index in [4.69, 9.17) is 9.47 Å². The Balaban J connectivity index is 1.43. The summed E-state index contributed by atoms with van der Waals surface area (Å²) in [5, 5.41) is 2.68. The molecule has 1 saturated heterocycles. The van der Waals surface area contributed by atoms with Gasteiger partial charge in [-0.25, -0.2) is 9.18 Å². The van der Waals surface area contributed by atoms with E-state index in [0.29, 0.717) is 34.4 Å². The highest BCUT2D eigenvalue weighted by Crippen LogP contribution is 2.29. The van der Waals surface area contributed by atoms with Crippen molar-refractivity contribution >= 4 is 55.3 Å². The minimum absolute atomic E-state index is 0.0255. The first-order valence-electron chi connectivity index (χ1n) is 11.8. The molecular formula is C28H25Br2FN2O5. The smallest absolute Gasteiger partial charge is 0.338 e. The van der Waals surface area contributed by atoms with Gasteiger partial charge in [0.15, 0.2) is 11.6 Å². The van der Waals surface area contributed by atoms with Crippen LogP contribution in [0.3, 0.4) is 0 Å². The summed E-state index contributed by atoms with van der Waals surface area (Å²) in [6.45, 7) is 5.66. The molecule has 0 aromatic heterocycles. The number of esters is 1. The maximum atomic E-state index is 14.7. The number of nitrogens with zero attached hydrogens (tertiary/aromatic N) is 1. The van der Waals surface area contributed by atoms with E-state index >= 15 is 0 Å². The average molecular weight is 648 g/mol. The number of hydrogen-bond acceptors (Lipinski definition) is 5. The molecule has 0 aliphatic carbocycles. The number of halogens is 3. The normalized spacial score (nSPS) is 15.4. The number of amides is 2. The Morgan fingerprint density at radius 1 is 0.974 bits per heavy atom. The van der Waals surface area contributed by atoms with Gasteiger partial charge < -0.3 is 19.7 Å². The summed E-state index contributed by atoms with van der Waals surface area (Å²) in [4.78, 5) is 40.0. The molecule has 4 rings (SSSR count). The lowest BCUT2D eigenvalue weighted by Gasteiger charge is -2.21. The van der Waals surface area contributed by atoms with Crippen molar-refractivity contribution in [2.75, 3.05) is 11.4 Å². The second-order valence-electron chi connectivity index (χ2n) is 9.71. The molecule has 1 unspecified atom stereocenters. The van der Waals surface area contributed by atoms with Gasteiger partial charge >= 0.3 is 5.97 Å². The standard InChI is InChI=1S/C28H25Br2FN2O5/c1-28(2,3)38-27(36)17-12-19(30)15-20(13-17)33-11-10-23(26(33)35)32-25(34)16-4-9-24(22(31)14-16)37-21-7-5-18(29)6-8-21/h4-9,12-15,23H,10-11H2,1-3H3,(H,32,34). The van der Waals surface area contributed by atoms with Crippen LogP contribution in [0.1, 0.15) is 47.9 Å². The maximum absolute atomic E-state index is 14.7. The average Bonchev–Trinajstić information content (AvgIpc) is 3.20. The van der Waals surface area contributed by atoms with E-state index in [-0.39, 0.29) is 17.2 Å². The van der Waals surface area contributed by atoms with Crippen LogP contribution in [0.2, 0.25) is 0 Å². The van der Waals surface area contributed by atoms with Gasteiger partial charge in [-0.2, -0.15) is 0 Å². The first-order chi connectivity index (χ1) is 17.9. The number of nitrogens with one attached hydrogen (secondary N) is 1. The lowest BCUT2D eigenvalue weighted by molar-refractivity contribution is -0.118. The second-order valence-corrected chi connectivity index (χ2v) is 11.5.